The van der Waals surface area contributed by atoms with Gasteiger partial charge in [-0.3, -0.25) is 4.79 Å². The molecule has 1 aromatic carbocycles. The largest absolute Gasteiger partial charge is 0.467 e. The van der Waals surface area contributed by atoms with Crippen LogP contribution in [0.25, 0.3) is 11.1 Å². The number of aryl methyl sites for hydroxylation is 1. The third-order valence-corrected chi connectivity index (χ3v) is 4.13. The number of carbonyl (C=O) groups excluding carboxylic acids is 1. The Morgan fingerprint density at radius 1 is 1.36 bits per heavy atom. The Kier molecular flexibility index (Phi) is 2.99. The molecule has 2 aromatic heterocycles. The van der Waals surface area contributed by atoms with Gasteiger partial charge in [0.2, 0.25) is 0 Å². The molecule has 1 aliphatic rings. The van der Waals surface area contributed by atoms with E-state index in [1.165, 1.54) is 0 Å². The average molecular weight is 296 g/mol. The highest BCUT2D eigenvalue weighted by molar-refractivity contribution is 5.97. The maximum Gasteiger partial charge on any atom is 0.254 e. The van der Waals surface area contributed by atoms with Crippen molar-refractivity contribution in [3.05, 3.63) is 53.8 Å². The van der Waals surface area contributed by atoms with Gasteiger partial charge in [0.1, 0.15) is 11.3 Å². The van der Waals surface area contributed by atoms with Gasteiger partial charge in [0.05, 0.1) is 12.3 Å². The van der Waals surface area contributed by atoms with Crippen LogP contribution in [0.15, 0.2) is 45.4 Å². The molecule has 5 heteroatoms. The summed E-state index contributed by atoms with van der Waals surface area (Å²) in [5, 5.41) is 0. The van der Waals surface area contributed by atoms with Gasteiger partial charge >= 0.3 is 0 Å². The van der Waals surface area contributed by atoms with E-state index in [4.69, 9.17) is 8.83 Å². The minimum Gasteiger partial charge on any atom is -0.467 e. The molecule has 112 valence electrons. The number of rotatable bonds is 2. The second-order valence-corrected chi connectivity index (χ2v) is 5.59. The quantitative estimate of drug-likeness (QED) is 0.723. The molecule has 3 aromatic rings. The second kappa shape index (κ2) is 5.02. The van der Waals surface area contributed by atoms with Gasteiger partial charge < -0.3 is 13.7 Å². The zero-order valence-corrected chi connectivity index (χ0v) is 12.3. The number of benzene rings is 1. The Morgan fingerprint density at radius 3 is 3.09 bits per heavy atom. The summed E-state index contributed by atoms with van der Waals surface area (Å²) < 4.78 is 11.0. The first-order chi connectivity index (χ1) is 10.7. The van der Waals surface area contributed by atoms with Crippen LogP contribution in [0.1, 0.15) is 40.9 Å². The van der Waals surface area contributed by atoms with E-state index in [2.05, 4.69) is 4.98 Å². The predicted molar refractivity (Wildman–Crippen MR) is 80.5 cm³/mol. The van der Waals surface area contributed by atoms with Gasteiger partial charge in [-0.2, -0.15) is 0 Å². The normalized spacial score (nSPS) is 18.2. The number of carbonyl (C=O) groups is 1. The van der Waals surface area contributed by atoms with Gasteiger partial charge in [0.15, 0.2) is 11.5 Å². The Labute approximate surface area is 127 Å². The summed E-state index contributed by atoms with van der Waals surface area (Å²) in [6, 6.07) is 9.23. The van der Waals surface area contributed by atoms with Crippen molar-refractivity contribution in [1.29, 1.82) is 0 Å². The highest BCUT2D eigenvalue weighted by atomic mass is 16.3. The number of nitrogens with zero attached hydrogens (tertiary/aromatic N) is 2. The van der Waals surface area contributed by atoms with Crippen LogP contribution >= 0.6 is 0 Å². The van der Waals surface area contributed by atoms with Crippen molar-refractivity contribution in [2.75, 3.05) is 6.54 Å². The number of hydrogen-bond donors (Lipinski definition) is 0. The molecule has 0 radical (unpaired) electrons. The van der Waals surface area contributed by atoms with E-state index in [1.807, 2.05) is 29.2 Å². The first-order valence-electron chi connectivity index (χ1n) is 7.44. The van der Waals surface area contributed by atoms with Crippen molar-refractivity contribution in [3.63, 3.8) is 0 Å². The minimum absolute atomic E-state index is 0.00912. The molecular formula is C17H16N2O3. The zero-order chi connectivity index (χ0) is 15.1. The summed E-state index contributed by atoms with van der Waals surface area (Å²) in [5.41, 5.74) is 2.05. The van der Waals surface area contributed by atoms with Gasteiger partial charge in [-0.1, -0.05) is 0 Å². The lowest BCUT2D eigenvalue weighted by Crippen LogP contribution is -2.30. The molecule has 0 spiro atoms. The maximum absolute atomic E-state index is 12.8. The molecule has 1 aliphatic heterocycles. The zero-order valence-electron chi connectivity index (χ0n) is 12.3. The van der Waals surface area contributed by atoms with Gasteiger partial charge in [-0.15, -0.1) is 0 Å². The van der Waals surface area contributed by atoms with Crippen molar-refractivity contribution in [1.82, 2.24) is 9.88 Å². The first-order valence-corrected chi connectivity index (χ1v) is 7.44. The van der Waals surface area contributed by atoms with Crippen molar-refractivity contribution in [2.24, 2.45) is 0 Å². The van der Waals surface area contributed by atoms with Crippen LogP contribution in [-0.4, -0.2) is 22.3 Å². The van der Waals surface area contributed by atoms with Gasteiger partial charge in [-0.05, 0) is 43.2 Å². The predicted octanol–water partition coefficient (Wildman–Crippen LogP) is 3.71. The molecule has 5 nitrogen and oxygen atoms in total. The number of hydrogen-bond acceptors (Lipinski definition) is 4. The van der Waals surface area contributed by atoms with Crippen LogP contribution in [0, 0.1) is 6.92 Å². The Balaban J connectivity index is 1.67. The molecule has 1 unspecified atom stereocenters. The maximum atomic E-state index is 12.8. The third-order valence-electron chi connectivity index (χ3n) is 4.13. The molecular weight excluding hydrogens is 280 g/mol. The monoisotopic (exact) mass is 296 g/mol. The molecule has 1 amide bonds. The molecule has 0 N–H and O–H groups in total. The lowest BCUT2D eigenvalue weighted by Gasteiger charge is -2.23. The summed E-state index contributed by atoms with van der Waals surface area (Å²) in [6.45, 7) is 2.55. The van der Waals surface area contributed by atoms with Crippen molar-refractivity contribution in [2.45, 2.75) is 25.8 Å². The Hall–Kier alpha value is -2.56. The number of fused-ring (bicyclic) bond motifs is 1. The summed E-state index contributed by atoms with van der Waals surface area (Å²) in [4.78, 5) is 19.0. The van der Waals surface area contributed by atoms with Gasteiger partial charge in [0, 0.05) is 19.0 Å². The first kappa shape index (κ1) is 13.1. The topological polar surface area (TPSA) is 59.5 Å². The van der Waals surface area contributed by atoms with E-state index in [-0.39, 0.29) is 11.9 Å². The Bertz CT molecular complexity index is 820. The molecule has 0 aliphatic carbocycles. The van der Waals surface area contributed by atoms with Crippen LogP contribution in [0.5, 0.6) is 0 Å². The smallest absolute Gasteiger partial charge is 0.254 e. The van der Waals surface area contributed by atoms with E-state index in [1.54, 1.807) is 19.3 Å². The molecule has 3 heterocycles. The number of likely N-dealkylation sites (tertiary alicyclic amines) is 1. The second-order valence-electron chi connectivity index (χ2n) is 5.59. The van der Waals surface area contributed by atoms with Gasteiger partial charge in [-0.25, -0.2) is 4.98 Å². The van der Waals surface area contributed by atoms with Crippen LogP contribution in [0.3, 0.4) is 0 Å². The summed E-state index contributed by atoms with van der Waals surface area (Å²) in [5.74, 6) is 1.46. The van der Waals surface area contributed by atoms with Crippen LogP contribution in [-0.2, 0) is 0 Å². The number of oxazole rings is 1. The molecule has 1 fully saturated rings. The van der Waals surface area contributed by atoms with Gasteiger partial charge in [0.25, 0.3) is 5.91 Å². The fraction of sp³-hybridized carbons (Fsp3) is 0.294. The lowest BCUT2D eigenvalue weighted by molar-refractivity contribution is 0.0720. The molecule has 22 heavy (non-hydrogen) atoms. The fourth-order valence-corrected chi connectivity index (χ4v) is 3.13. The third kappa shape index (κ3) is 2.09. The highest BCUT2D eigenvalue weighted by Crippen LogP contribution is 2.33. The summed E-state index contributed by atoms with van der Waals surface area (Å²) >= 11 is 0. The van der Waals surface area contributed by atoms with E-state index in [0.717, 1.165) is 30.7 Å². The van der Waals surface area contributed by atoms with E-state index >= 15 is 0 Å². The number of aromatic nitrogens is 1. The SMILES string of the molecule is Cc1nc2ccc(C(=O)N3CCCC3c3ccco3)cc2o1. The minimum atomic E-state index is 0.00912. The van der Waals surface area contributed by atoms with E-state index in [0.29, 0.717) is 17.0 Å². The molecule has 1 atom stereocenters. The number of furan rings is 1. The molecule has 1 saturated heterocycles. The van der Waals surface area contributed by atoms with E-state index in [9.17, 15) is 4.79 Å². The highest BCUT2D eigenvalue weighted by Gasteiger charge is 2.32. The van der Waals surface area contributed by atoms with Crippen LogP contribution < -0.4 is 0 Å². The molecule has 4 rings (SSSR count). The summed E-state index contributed by atoms with van der Waals surface area (Å²) in [7, 11) is 0. The standard InChI is InChI=1S/C17H16N2O3/c1-11-18-13-7-6-12(10-16(13)22-11)17(20)19-8-2-4-14(19)15-5-3-9-21-15/h3,5-7,9-10,14H,2,4,8H2,1H3. The fourth-order valence-electron chi connectivity index (χ4n) is 3.13. The number of amides is 1. The average Bonchev–Trinajstić information content (AvgIpc) is 3.24. The van der Waals surface area contributed by atoms with Crippen LogP contribution in [0.2, 0.25) is 0 Å². The Morgan fingerprint density at radius 2 is 2.27 bits per heavy atom. The molecule has 0 saturated carbocycles. The lowest BCUT2D eigenvalue weighted by atomic mass is 10.1. The van der Waals surface area contributed by atoms with Crippen molar-refractivity contribution in [3.8, 4) is 0 Å². The molecule has 0 bridgehead atoms. The van der Waals surface area contributed by atoms with Crippen LogP contribution in [0.4, 0.5) is 0 Å². The summed E-state index contributed by atoms with van der Waals surface area (Å²) in [6.07, 6.45) is 3.57. The van der Waals surface area contributed by atoms with Crippen molar-refractivity contribution >= 4 is 17.0 Å². The van der Waals surface area contributed by atoms with Crippen molar-refractivity contribution < 1.29 is 13.6 Å². The van der Waals surface area contributed by atoms with E-state index < -0.39 is 0 Å².